The lowest BCUT2D eigenvalue weighted by molar-refractivity contribution is -0.118. The Morgan fingerprint density at radius 3 is 2.26 bits per heavy atom. The lowest BCUT2D eigenvalue weighted by Crippen LogP contribution is -2.56. The maximum Gasteiger partial charge on any atom is 0.294 e. The van der Waals surface area contributed by atoms with Gasteiger partial charge in [0.1, 0.15) is 5.82 Å². The summed E-state index contributed by atoms with van der Waals surface area (Å²) in [6.07, 6.45) is 0. The fourth-order valence-electron chi connectivity index (χ4n) is 4.63. The monoisotopic (exact) mass is 485 g/mol. The van der Waals surface area contributed by atoms with Crippen molar-refractivity contribution < 1.29 is 18.8 Å². The quantitative estimate of drug-likeness (QED) is 0.465. The van der Waals surface area contributed by atoms with E-state index in [9.17, 15) is 18.8 Å². The van der Waals surface area contributed by atoms with Gasteiger partial charge in [-0.1, -0.05) is 0 Å². The third-order valence-electron chi connectivity index (χ3n) is 6.66. The molecular formula is C26H36FN5O3. The number of ketones is 1. The molecule has 1 fully saturated rings. The van der Waals surface area contributed by atoms with Gasteiger partial charge < -0.3 is 20.1 Å². The van der Waals surface area contributed by atoms with Crippen LogP contribution >= 0.6 is 0 Å². The topological polar surface area (TPSA) is 86.7 Å². The van der Waals surface area contributed by atoms with Crippen LogP contribution in [-0.4, -0.2) is 77.3 Å². The van der Waals surface area contributed by atoms with Gasteiger partial charge in [-0.2, -0.15) is 0 Å². The lowest BCUT2D eigenvalue weighted by Gasteiger charge is -2.38. The molecule has 1 aromatic carbocycles. The molecule has 9 heteroatoms. The molecule has 2 amide bonds. The molecule has 0 saturated carbocycles. The molecule has 0 radical (unpaired) electrons. The number of rotatable bonds is 7. The number of nitrogens with zero attached hydrogens (tertiary/aromatic N) is 3. The highest BCUT2D eigenvalue weighted by Crippen LogP contribution is 2.24. The van der Waals surface area contributed by atoms with E-state index in [1.165, 1.54) is 12.1 Å². The average Bonchev–Trinajstić information content (AvgIpc) is 2.99. The van der Waals surface area contributed by atoms with E-state index in [0.29, 0.717) is 34.6 Å². The summed E-state index contributed by atoms with van der Waals surface area (Å²) in [5.41, 5.74) is 1.75. The summed E-state index contributed by atoms with van der Waals surface area (Å²) in [5, 5.41) is 5.65. The van der Waals surface area contributed by atoms with Crippen molar-refractivity contribution in [1.29, 1.82) is 0 Å². The molecule has 0 aliphatic carbocycles. The number of halogens is 1. The van der Waals surface area contributed by atoms with Crippen molar-refractivity contribution in [3.05, 3.63) is 52.1 Å². The van der Waals surface area contributed by atoms with Crippen LogP contribution in [0.1, 0.15) is 51.5 Å². The largest absolute Gasteiger partial charge is 0.344 e. The maximum absolute atomic E-state index is 13.6. The number of carbonyl (C=O) groups excluding carboxylic acids is 3. The van der Waals surface area contributed by atoms with Gasteiger partial charge in [-0.05, 0) is 71.0 Å². The van der Waals surface area contributed by atoms with Gasteiger partial charge in [0.2, 0.25) is 0 Å². The van der Waals surface area contributed by atoms with Crippen molar-refractivity contribution >= 4 is 23.3 Å². The summed E-state index contributed by atoms with van der Waals surface area (Å²) in [4.78, 5) is 43.8. The average molecular weight is 486 g/mol. The van der Waals surface area contributed by atoms with Crippen LogP contribution < -0.4 is 10.6 Å². The van der Waals surface area contributed by atoms with E-state index in [1.54, 1.807) is 38.5 Å². The highest BCUT2D eigenvalue weighted by atomic mass is 19.1. The van der Waals surface area contributed by atoms with E-state index in [-0.39, 0.29) is 11.5 Å². The number of aryl methyl sites for hydroxylation is 1. The Morgan fingerprint density at radius 1 is 1.03 bits per heavy atom. The third-order valence-corrected chi connectivity index (χ3v) is 6.66. The van der Waals surface area contributed by atoms with Crippen molar-refractivity contribution in [2.75, 3.05) is 45.1 Å². The first-order chi connectivity index (χ1) is 16.3. The molecule has 1 aliphatic rings. The highest BCUT2D eigenvalue weighted by Gasteiger charge is 2.32. The van der Waals surface area contributed by atoms with Gasteiger partial charge in [0.05, 0.1) is 11.3 Å². The minimum absolute atomic E-state index is 0.177. The third kappa shape index (κ3) is 5.97. The van der Waals surface area contributed by atoms with E-state index in [4.69, 9.17) is 0 Å². The van der Waals surface area contributed by atoms with Crippen molar-refractivity contribution in [1.82, 2.24) is 19.7 Å². The molecule has 8 nitrogen and oxygen atoms in total. The van der Waals surface area contributed by atoms with Crippen LogP contribution in [-0.2, 0) is 11.8 Å². The Balaban J connectivity index is 1.76. The number of benzene rings is 1. The zero-order valence-corrected chi connectivity index (χ0v) is 21.7. The number of nitrogens with one attached hydrogen (secondary N) is 2. The summed E-state index contributed by atoms with van der Waals surface area (Å²) < 4.78 is 15.2. The predicted molar refractivity (Wildman–Crippen MR) is 134 cm³/mol. The van der Waals surface area contributed by atoms with E-state index in [0.717, 1.165) is 26.2 Å². The number of anilines is 1. The molecule has 35 heavy (non-hydrogen) atoms. The SMILES string of the molecule is Cc1cc(NC(=O)c2c(C)c(C(=O)C(=O)NC(C)(C)CN3CCN(C)CC3)n(C)c2C)ccc1F. The van der Waals surface area contributed by atoms with Gasteiger partial charge in [-0.25, -0.2) is 4.39 Å². The molecular weight excluding hydrogens is 449 g/mol. The first kappa shape index (κ1) is 26.6. The number of aromatic nitrogens is 1. The number of carbonyl (C=O) groups is 3. The zero-order valence-electron chi connectivity index (χ0n) is 21.7. The minimum atomic E-state index is -0.700. The number of likely N-dealkylation sites (N-methyl/N-ethyl adjacent to an activating group) is 1. The Bertz CT molecular complexity index is 1150. The van der Waals surface area contributed by atoms with Crippen LogP contribution in [0.5, 0.6) is 0 Å². The Kier molecular flexibility index (Phi) is 7.81. The van der Waals surface area contributed by atoms with Crippen LogP contribution in [0, 0.1) is 26.6 Å². The molecule has 2 aromatic rings. The van der Waals surface area contributed by atoms with Gasteiger partial charge >= 0.3 is 0 Å². The second-order valence-corrected chi connectivity index (χ2v) is 10.2. The summed E-state index contributed by atoms with van der Waals surface area (Å²) in [7, 11) is 3.75. The first-order valence-electron chi connectivity index (χ1n) is 11.8. The van der Waals surface area contributed by atoms with Crippen LogP contribution in [0.25, 0.3) is 0 Å². The van der Waals surface area contributed by atoms with E-state index >= 15 is 0 Å². The van der Waals surface area contributed by atoms with Gasteiger partial charge in [-0.15, -0.1) is 0 Å². The number of hydrogen-bond donors (Lipinski definition) is 2. The summed E-state index contributed by atoms with van der Waals surface area (Å²) >= 11 is 0. The van der Waals surface area contributed by atoms with E-state index < -0.39 is 23.1 Å². The lowest BCUT2D eigenvalue weighted by atomic mass is 10.0. The highest BCUT2D eigenvalue weighted by molar-refractivity contribution is 6.43. The fourth-order valence-corrected chi connectivity index (χ4v) is 4.63. The van der Waals surface area contributed by atoms with Gasteiger partial charge in [0, 0.05) is 56.7 Å². The molecule has 2 N–H and O–H groups in total. The van der Waals surface area contributed by atoms with Crippen molar-refractivity contribution in [3.63, 3.8) is 0 Å². The standard InChI is InChI=1S/C26H36FN5O3/c1-16-14-19(8-9-20(16)27)28-24(34)21-17(2)22(31(7)18(21)3)23(33)25(35)29-26(4,5)15-32-12-10-30(6)11-13-32/h8-9,14H,10-13,15H2,1-7H3,(H,28,34)(H,29,35). The molecule has 0 bridgehead atoms. The summed E-state index contributed by atoms with van der Waals surface area (Å²) in [5.74, 6) is -2.16. The van der Waals surface area contributed by atoms with Crippen molar-refractivity contribution in [3.8, 4) is 0 Å². The zero-order chi connectivity index (χ0) is 26.1. The minimum Gasteiger partial charge on any atom is -0.344 e. The summed E-state index contributed by atoms with van der Waals surface area (Å²) in [6.45, 7) is 13.2. The normalized spacial score (nSPS) is 15.2. The first-order valence-corrected chi connectivity index (χ1v) is 11.8. The Morgan fingerprint density at radius 2 is 1.66 bits per heavy atom. The molecule has 1 saturated heterocycles. The Labute approximate surface area is 206 Å². The number of piperazine rings is 1. The van der Waals surface area contributed by atoms with Crippen LogP contribution in [0.2, 0.25) is 0 Å². The van der Waals surface area contributed by atoms with Gasteiger partial charge in [-0.3, -0.25) is 19.3 Å². The molecule has 2 heterocycles. The number of hydrogen-bond acceptors (Lipinski definition) is 5. The van der Waals surface area contributed by atoms with Crippen molar-refractivity contribution in [2.45, 2.75) is 40.2 Å². The fraction of sp³-hybridized carbons (Fsp3) is 0.500. The molecule has 1 aliphatic heterocycles. The second-order valence-electron chi connectivity index (χ2n) is 10.2. The van der Waals surface area contributed by atoms with E-state index in [1.807, 2.05) is 13.8 Å². The number of amides is 2. The number of Topliss-reactive ketones (excluding diaryl/α,β-unsaturated/α-hetero) is 1. The predicted octanol–water partition coefficient (Wildman–Crippen LogP) is 2.67. The maximum atomic E-state index is 13.6. The van der Waals surface area contributed by atoms with Crippen LogP contribution in [0.15, 0.2) is 18.2 Å². The summed E-state index contributed by atoms with van der Waals surface area (Å²) in [6, 6.07) is 4.32. The molecule has 0 spiro atoms. The Hall–Kier alpha value is -3.04. The molecule has 1 aromatic heterocycles. The van der Waals surface area contributed by atoms with Gasteiger partial charge in [0.25, 0.3) is 17.6 Å². The second kappa shape index (κ2) is 10.3. The van der Waals surface area contributed by atoms with Gasteiger partial charge in [0.15, 0.2) is 0 Å². The molecule has 3 rings (SSSR count). The molecule has 0 atom stereocenters. The smallest absolute Gasteiger partial charge is 0.294 e. The van der Waals surface area contributed by atoms with Crippen LogP contribution in [0.3, 0.4) is 0 Å². The van der Waals surface area contributed by atoms with Crippen LogP contribution in [0.4, 0.5) is 10.1 Å². The van der Waals surface area contributed by atoms with Crippen molar-refractivity contribution in [2.24, 2.45) is 7.05 Å². The van der Waals surface area contributed by atoms with E-state index in [2.05, 4.69) is 27.5 Å². The molecule has 0 unspecified atom stereocenters. The molecule has 190 valence electrons.